The van der Waals surface area contributed by atoms with Crippen molar-refractivity contribution in [2.45, 2.75) is 6.42 Å². The van der Waals surface area contributed by atoms with Crippen molar-refractivity contribution in [3.8, 4) is 5.75 Å². The number of carbonyl (C=O) groups is 2. The summed E-state index contributed by atoms with van der Waals surface area (Å²) in [6.45, 7) is -0.297. The van der Waals surface area contributed by atoms with E-state index in [0.29, 0.717) is 11.3 Å². The van der Waals surface area contributed by atoms with Crippen molar-refractivity contribution in [3.63, 3.8) is 0 Å². The van der Waals surface area contributed by atoms with Crippen molar-refractivity contribution >= 4 is 33.2 Å². The molecule has 8 nitrogen and oxygen atoms in total. The van der Waals surface area contributed by atoms with Gasteiger partial charge in [-0.1, -0.05) is 12.1 Å². The van der Waals surface area contributed by atoms with Crippen LogP contribution in [0.2, 0.25) is 0 Å². The molecular formula is C18H20FN3O5S. The fraction of sp³-hybridized carbons (Fsp3) is 0.222. The molecule has 0 atom stereocenters. The lowest BCUT2D eigenvalue weighted by molar-refractivity contribution is -0.123. The maximum atomic E-state index is 13.1. The minimum Gasteiger partial charge on any atom is -0.495 e. The summed E-state index contributed by atoms with van der Waals surface area (Å²) in [7, 11) is -2.15. The van der Waals surface area contributed by atoms with Gasteiger partial charge in [0.2, 0.25) is 21.8 Å². The molecule has 0 bridgehead atoms. The Kier molecular flexibility index (Phi) is 6.94. The highest BCUT2D eigenvalue weighted by atomic mass is 32.2. The normalized spacial score (nSPS) is 10.8. The van der Waals surface area contributed by atoms with E-state index in [9.17, 15) is 22.4 Å². The van der Waals surface area contributed by atoms with Gasteiger partial charge in [-0.25, -0.2) is 12.8 Å². The molecule has 0 fully saturated rings. The predicted molar refractivity (Wildman–Crippen MR) is 103 cm³/mol. The summed E-state index contributed by atoms with van der Waals surface area (Å²) in [5.41, 5.74) is 0.971. The van der Waals surface area contributed by atoms with Crippen molar-refractivity contribution in [2.24, 2.45) is 0 Å². The van der Waals surface area contributed by atoms with Crippen molar-refractivity contribution in [3.05, 3.63) is 53.8 Å². The number of hydrogen-bond donors (Lipinski definition) is 3. The Hall–Kier alpha value is -3.14. The fourth-order valence-electron chi connectivity index (χ4n) is 2.34. The summed E-state index contributed by atoms with van der Waals surface area (Å²) in [5.74, 6) is -1.11. The van der Waals surface area contributed by atoms with E-state index in [2.05, 4.69) is 15.4 Å². The first-order chi connectivity index (χ1) is 13.2. The molecule has 150 valence electrons. The van der Waals surface area contributed by atoms with E-state index in [1.165, 1.54) is 43.5 Å². The molecule has 28 heavy (non-hydrogen) atoms. The highest BCUT2D eigenvalue weighted by molar-refractivity contribution is 7.92. The lowest BCUT2D eigenvalue weighted by Gasteiger charge is -2.12. The van der Waals surface area contributed by atoms with Gasteiger partial charge in [0.15, 0.2) is 0 Å². The number of carbonyl (C=O) groups excluding carboxylic acids is 2. The number of anilines is 2. The molecule has 2 aromatic carbocycles. The van der Waals surface area contributed by atoms with E-state index < -0.39 is 27.7 Å². The Morgan fingerprint density at radius 2 is 1.86 bits per heavy atom. The van der Waals surface area contributed by atoms with Crippen LogP contribution in [-0.2, 0) is 26.0 Å². The van der Waals surface area contributed by atoms with Crippen LogP contribution in [0, 0.1) is 5.82 Å². The number of ether oxygens (including phenoxy) is 1. The summed E-state index contributed by atoms with van der Waals surface area (Å²) in [4.78, 5) is 23.9. The number of sulfonamides is 1. The zero-order valence-electron chi connectivity index (χ0n) is 15.3. The molecular weight excluding hydrogens is 389 g/mol. The number of hydrogen-bond acceptors (Lipinski definition) is 5. The molecule has 2 amide bonds. The zero-order valence-corrected chi connectivity index (χ0v) is 16.1. The molecule has 2 rings (SSSR count). The van der Waals surface area contributed by atoms with Crippen molar-refractivity contribution in [1.82, 2.24) is 5.32 Å². The van der Waals surface area contributed by atoms with Crippen molar-refractivity contribution in [1.29, 1.82) is 0 Å². The lowest BCUT2D eigenvalue weighted by Crippen LogP contribution is -2.33. The van der Waals surface area contributed by atoms with Gasteiger partial charge in [-0.05, 0) is 35.9 Å². The van der Waals surface area contributed by atoms with Crippen LogP contribution in [0.1, 0.15) is 5.56 Å². The van der Waals surface area contributed by atoms with Crippen LogP contribution in [0.15, 0.2) is 42.5 Å². The minimum atomic E-state index is -3.54. The number of benzene rings is 2. The predicted octanol–water partition coefficient (Wildman–Crippen LogP) is 1.50. The third-order valence-electron chi connectivity index (χ3n) is 3.48. The molecule has 0 saturated heterocycles. The van der Waals surface area contributed by atoms with Gasteiger partial charge in [-0.2, -0.15) is 0 Å². The highest BCUT2D eigenvalue weighted by Crippen LogP contribution is 2.28. The first-order valence-electron chi connectivity index (χ1n) is 8.13. The molecule has 3 N–H and O–H groups in total. The Labute approximate surface area is 162 Å². The summed E-state index contributed by atoms with van der Waals surface area (Å²) < 4.78 is 43.3. The van der Waals surface area contributed by atoms with Gasteiger partial charge in [0, 0.05) is 5.69 Å². The fourth-order valence-corrected chi connectivity index (χ4v) is 2.90. The SMILES string of the molecule is COc1ccc(NC(=O)CNC(=O)Cc2cccc(F)c2)cc1NS(C)(=O)=O. The Bertz CT molecular complexity index is 979. The standard InChI is InChI=1S/C18H20FN3O5S/c1-27-16-7-6-14(10-15(16)22-28(2,25)26)21-18(24)11-20-17(23)9-12-4-3-5-13(19)8-12/h3-8,10,22H,9,11H2,1-2H3,(H,20,23)(H,21,24). The highest BCUT2D eigenvalue weighted by Gasteiger charge is 2.12. The summed E-state index contributed by atoms with van der Waals surface area (Å²) in [5, 5.41) is 4.98. The van der Waals surface area contributed by atoms with Crippen LogP contribution in [-0.4, -0.2) is 40.1 Å². The van der Waals surface area contributed by atoms with Crippen molar-refractivity contribution < 1.29 is 27.1 Å². The quantitative estimate of drug-likeness (QED) is 0.612. The van der Waals surface area contributed by atoms with Gasteiger partial charge in [0.1, 0.15) is 11.6 Å². The smallest absolute Gasteiger partial charge is 0.243 e. The summed E-state index contributed by atoms with van der Waals surface area (Å²) >= 11 is 0. The summed E-state index contributed by atoms with van der Waals surface area (Å²) in [6.07, 6.45) is 0.932. The maximum absolute atomic E-state index is 13.1. The van der Waals surface area contributed by atoms with E-state index in [-0.39, 0.29) is 24.4 Å². The molecule has 0 unspecified atom stereocenters. The molecule has 0 aliphatic carbocycles. The first-order valence-corrected chi connectivity index (χ1v) is 10.0. The third kappa shape index (κ3) is 6.88. The van der Waals surface area contributed by atoms with E-state index in [1.54, 1.807) is 6.07 Å². The van der Waals surface area contributed by atoms with Gasteiger partial charge in [-0.3, -0.25) is 14.3 Å². The number of amides is 2. The van der Waals surface area contributed by atoms with Gasteiger partial charge in [-0.15, -0.1) is 0 Å². The Morgan fingerprint density at radius 1 is 1.11 bits per heavy atom. The number of methoxy groups -OCH3 is 1. The average Bonchev–Trinajstić information content (AvgIpc) is 2.59. The lowest BCUT2D eigenvalue weighted by atomic mass is 10.1. The number of rotatable bonds is 8. The Balaban J connectivity index is 1.93. The van der Waals surface area contributed by atoms with E-state index in [1.807, 2.05) is 0 Å². The maximum Gasteiger partial charge on any atom is 0.243 e. The van der Waals surface area contributed by atoms with Crippen LogP contribution >= 0.6 is 0 Å². The molecule has 0 radical (unpaired) electrons. The van der Waals surface area contributed by atoms with Crippen LogP contribution < -0.4 is 20.1 Å². The molecule has 10 heteroatoms. The molecule has 2 aromatic rings. The second-order valence-electron chi connectivity index (χ2n) is 5.92. The second-order valence-corrected chi connectivity index (χ2v) is 7.67. The Morgan fingerprint density at radius 3 is 2.50 bits per heavy atom. The molecule has 0 aromatic heterocycles. The summed E-state index contributed by atoms with van der Waals surface area (Å²) in [6, 6.07) is 10.0. The van der Waals surface area contributed by atoms with E-state index in [0.717, 1.165) is 6.26 Å². The average molecular weight is 409 g/mol. The number of nitrogens with one attached hydrogen (secondary N) is 3. The van der Waals surface area contributed by atoms with Crippen LogP contribution in [0.25, 0.3) is 0 Å². The van der Waals surface area contributed by atoms with Gasteiger partial charge < -0.3 is 15.4 Å². The van der Waals surface area contributed by atoms with Gasteiger partial charge in [0.25, 0.3) is 0 Å². The van der Waals surface area contributed by atoms with Gasteiger partial charge in [0.05, 0.1) is 32.0 Å². The van der Waals surface area contributed by atoms with Crippen LogP contribution in [0.3, 0.4) is 0 Å². The topological polar surface area (TPSA) is 114 Å². The first kappa shape index (κ1) is 21.2. The monoisotopic (exact) mass is 409 g/mol. The second kappa shape index (κ2) is 9.18. The van der Waals surface area contributed by atoms with E-state index >= 15 is 0 Å². The largest absolute Gasteiger partial charge is 0.495 e. The molecule has 0 aliphatic heterocycles. The molecule has 0 aliphatic rings. The van der Waals surface area contributed by atoms with Crippen molar-refractivity contribution in [2.75, 3.05) is 29.9 Å². The minimum absolute atomic E-state index is 0.0595. The van der Waals surface area contributed by atoms with Gasteiger partial charge >= 0.3 is 0 Å². The van der Waals surface area contributed by atoms with Crippen LogP contribution in [0.5, 0.6) is 5.75 Å². The van der Waals surface area contributed by atoms with Crippen LogP contribution in [0.4, 0.5) is 15.8 Å². The third-order valence-corrected chi connectivity index (χ3v) is 4.07. The number of halogens is 1. The zero-order chi connectivity index (χ0) is 20.7. The molecule has 0 saturated carbocycles. The molecule has 0 heterocycles. The molecule has 0 spiro atoms. The van der Waals surface area contributed by atoms with E-state index in [4.69, 9.17) is 4.74 Å².